The van der Waals surface area contributed by atoms with E-state index in [1.807, 2.05) is 0 Å². The van der Waals surface area contributed by atoms with Gasteiger partial charge in [-0.25, -0.2) is 13.8 Å². The lowest BCUT2D eigenvalue weighted by molar-refractivity contribution is 0.343. The monoisotopic (exact) mass is 437 g/mol. The lowest BCUT2D eigenvalue weighted by atomic mass is 10.2. The number of anilines is 1. The molecule has 1 fully saturated rings. The average Bonchev–Trinajstić information content (AvgIpc) is 3.12. The molecule has 12 heteroatoms. The maximum Gasteiger partial charge on any atom is 0.302 e. The second kappa shape index (κ2) is 7.61. The molecule has 0 aliphatic carbocycles. The summed E-state index contributed by atoms with van der Waals surface area (Å²) in [5, 5.41) is 0.296. The molecular weight excluding hydrogens is 420 g/mol. The summed E-state index contributed by atoms with van der Waals surface area (Å²) in [6, 6.07) is 6.38. The van der Waals surface area contributed by atoms with Crippen molar-refractivity contribution < 1.29 is 21.9 Å². The molecule has 0 spiro atoms. The first-order valence-electron chi connectivity index (χ1n) is 8.94. The minimum Gasteiger partial charge on any atom is -0.439 e. The van der Waals surface area contributed by atoms with Gasteiger partial charge in [0.05, 0.1) is 17.2 Å². The van der Waals surface area contributed by atoms with Gasteiger partial charge in [-0.05, 0) is 24.6 Å². The van der Waals surface area contributed by atoms with Gasteiger partial charge in [0.2, 0.25) is 5.88 Å². The van der Waals surface area contributed by atoms with Crippen molar-refractivity contribution in [2.24, 2.45) is 7.05 Å². The van der Waals surface area contributed by atoms with Gasteiger partial charge in [-0.1, -0.05) is 0 Å². The zero-order valence-corrected chi connectivity index (χ0v) is 16.6. The van der Waals surface area contributed by atoms with E-state index in [4.69, 9.17) is 4.74 Å². The fourth-order valence-corrected chi connectivity index (χ4v) is 4.26. The highest BCUT2D eigenvalue weighted by atomic mass is 32.2. The predicted molar refractivity (Wildman–Crippen MR) is 105 cm³/mol. The molecule has 1 aliphatic rings. The van der Waals surface area contributed by atoms with Gasteiger partial charge < -0.3 is 9.30 Å². The molecule has 0 radical (unpaired) electrons. The summed E-state index contributed by atoms with van der Waals surface area (Å²) in [4.78, 5) is 20.3. The van der Waals surface area contributed by atoms with E-state index in [1.54, 1.807) is 13.1 Å². The summed E-state index contributed by atoms with van der Waals surface area (Å²) in [6.45, 7) is -0.247. The van der Waals surface area contributed by atoms with Crippen molar-refractivity contribution in [1.82, 2.24) is 18.8 Å². The summed E-state index contributed by atoms with van der Waals surface area (Å²) in [7, 11) is -2.53. The Morgan fingerprint density at radius 2 is 2.07 bits per heavy atom. The number of hydrogen-bond donors (Lipinski definition) is 1. The molecule has 30 heavy (non-hydrogen) atoms. The minimum absolute atomic E-state index is 0.0231. The molecule has 4 rings (SSSR count). The fourth-order valence-electron chi connectivity index (χ4n) is 3.06. The molecule has 0 amide bonds. The van der Waals surface area contributed by atoms with Crippen LogP contribution in [0.25, 0.3) is 10.9 Å². The quantitative estimate of drug-likeness (QED) is 0.654. The molecule has 158 valence electrons. The Morgan fingerprint density at radius 1 is 1.27 bits per heavy atom. The number of fused-ring (bicyclic) bond motifs is 1. The van der Waals surface area contributed by atoms with Crippen molar-refractivity contribution in [3.05, 3.63) is 52.8 Å². The molecule has 0 saturated carbocycles. The van der Waals surface area contributed by atoms with E-state index in [9.17, 15) is 22.0 Å². The molecule has 1 atom stereocenters. The molecular formula is C18H17F2N5O4S. The number of nitrogens with zero attached hydrogens (tertiary/aromatic N) is 4. The second-order valence-corrected chi connectivity index (χ2v) is 8.47. The van der Waals surface area contributed by atoms with Crippen molar-refractivity contribution in [3.63, 3.8) is 0 Å². The number of halogens is 2. The van der Waals surface area contributed by atoms with Crippen LogP contribution in [0.15, 0.2) is 41.5 Å². The molecule has 3 aromatic rings. The van der Waals surface area contributed by atoms with E-state index >= 15 is 0 Å². The van der Waals surface area contributed by atoms with Gasteiger partial charge >= 0.3 is 10.2 Å². The predicted octanol–water partition coefficient (Wildman–Crippen LogP) is 1.96. The van der Waals surface area contributed by atoms with E-state index < -0.39 is 22.2 Å². The molecule has 9 nitrogen and oxygen atoms in total. The number of nitrogens with one attached hydrogen (secondary N) is 1. The molecule has 2 aromatic heterocycles. The van der Waals surface area contributed by atoms with Crippen LogP contribution in [-0.2, 0) is 17.3 Å². The highest BCUT2D eigenvalue weighted by molar-refractivity contribution is 7.90. The smallest absolute Gasteiger partial charge is 0.302 e. The van der Waals surface area contributed by atoms with Gasteiger partial charge in [-0.3, -0.25) is 9.52 Å². The third kappa shape index (κ3) is 4.09. The Kier molecular flexibility index (Phi) is 5.12. The molecule has 1 aromatic carbocycles. The van der Waals surface area contributed by atoms with Crippen LogP contribution in [0.1, 0.15) is 6.42 Å². The summed E-state index contributed by atoms with van der Waals surface area (Å²) >= 11 is 0. The molecule has 1 N–H and O–H groups in total. The van der Waals surface area contributed by atoms with Crippen LogP contribution in [-0.4, -0.2) is 46.5 Å². The van der Waals surface area contributed by atoms with E-state index in [2.05, 4.69) is 14.7 Å². The zero-order valence-electron chi connectivity index (χ0n) is 15.7. The average molecular weight is 437 g/mol. The second-order valence-electron chi connectivity index (χ2n) is 6.80. The van der Waals surface area contributed by atoms with Crippen LogP contribution in [0, 0.1) is 5.82 Å². The van der Waals surface area contributed by atoms with Crippen LogP contribution in [0.5, 0.6) is 11.6 Å². The van der Waals surface area contributed by atoms with Gasteiger partial charge in [-0.15, -0.1) is 0 Å². The molecule has 1 saturated heterocycles. The summed E-state index contributed by atoms with van der Waals surface area (Å²) < 4.78 is 61.9. The van der Waals surface area contributed by atoms with Crippen molar-refractivity contribution in [1.29, 1.82) is 0 Å². The van der Waals surface area contributed by atoms with Gasteiger partial charge in [-0.2, -0.15) is 17.7 Å². The summed E-state index contributed by atoms with van der Waals surface area (Å²) in [5.41, 5.74) is 0.172. The number of benzene rings is 1. The first-order valence-corrected chi connectivity index (χ1v) is 10.4. The van der Waals surface area contributed by atoms with E-state index in [0.29, 0.717) is 10.9 Å². The fraction of sp³-hybridized carbons (Fsp3) is 0.278. The number of ether oxygens (including phenoxy) is 1. The van der Waals surface area contributed by atoms with Gasteiger partial charge in [0.15, 0.2) is 0 Å². The number of pyridine rings is 1. The number of aromatic nitrogens is 3. The Bertz CT molecular complexity index is 1280. The zero-order chi connectivity index (χ0) is 21.5. The van der Waals surface area contributed by atoms with Crippen LogP contribution in [0.3, 0.4) is 0 Å². The van der Waals surface area contributed by atoms with E-state index in [0.717, 1.165) is 16.4 Å². The topological polar surface area (TPSA) is 106 Å². The maximum absolute atomic E-state index is 14.0. The van der Waals surface area contributed by atoms with Crippen molar-refractivity contribution in [2.75, 3.05) is 17.8 Å². The molecule has 3 heterocycles. The summed E-state index contributed by atoms with van der Waals surface area (Å²) in [5.74, 6) is -1.14. The molecule has 0 bridgehead atoms. The van der Waals surface area contributed by atoms with Crippen LogP contribution < -0.4 is 15.0 Å². The standard InChI is InChI=1S/C18H17F2N5O4S/c1-24-10-21-15-3-2-13(8-14(15)18(24)26)29-17-7-12(20)6-16(22-17)23-30(27,28)25-5-4-11(19)9-25/h2-3,6-8,10-11H,4-5,9H2,1H3,(H,22,23)/t11-/m1/s1. The van der Waals surface area contributed by atoms with Crippen molar-refractivity contribution >= 4 is 26.9 Å². The van der Waals surface area contributed by atoms with Gasteiger partial charge in [0.25, 0.3) is 5.56 Å². The van der Waals surface area contributed by atoms with E-state index in [1.165, 1.54) is 23.0 Å². The first-order chi connectivity index (χ1) is 14.2. The van der Waals surface area contributed by atoms with Crippen LogP contribution in [0.4, 0.5) is 14.6 Å². The third-order valence-electron chi connectivity index (χ3n) is 4.54. The van der Waals surface area contributed by atoms with Crippen LogP contribution >= 0.6 is 0 Å². The Labute approximate surface area is 170 Å². The normalized spacial score (nSPS) is 17.4. The highest BCUT2D eigenvalue weighted by Gasteiger charge is 2.31. The van der Waals surface area contributed by atoms with Crippen molar-refractivity contribution in [2.45, 2.75) is 12.6 Å². The molecule has 1 aliphatic heterocycles. The lowest BCUT2D eigenvalue weighted by Crippen LogP contribution is -2.34. The number of aryl methyl sites for hydroxylation is 1. The van der Waals surface area contributed by atoms with E-state index in [-0.39, 0.29) is 42.5 Å². The summed E-state index contributed by atoms with van der Waals surface area (Å²) in [6.07, 6.45) is 0.252. The maximum atomic E-state index is 14.0. The SMILES string of the molecule is Cn1cnc2ccc(Oc3cc(F)cc(NS(=O)(=O)N4CC[C@@H](F)C4)n3)cc2c1=O. The van der Waals surface area contributed by atoms with Gasteiger partial charge in [0.1, 0.15) is 23.6 Å². The lowest BCUT2D eigenvalue weighted by Gasteiger charge is -2.16. The third-order valence-corrected chi connectivity index (χ3v) is 6.02. The largest absolute Gasteiger partial charge is 0.439 e. The van der Waals surface area contributed by atoms with Crippen molar-refractivity contribution in [3.8, 4) is 11.6 Å². The number of hydrogen-bond acceptors (Lipinski definition) is 6. The highest BCUT2D eigenvalue weighted by Crippen LogP contribution is 2.25. The molecule has 0 unspecified atom stereocenters. The Morgan fingerprint density at radius 3 is 2.80 bits per heavy atom. The first kappa shape index (κ1) is 20.2. The minimum atomic E-state index is -4.09. The number of alkyl halides is 1. The van der Waals surface area contributed by atoms with Crippen LogP contribution in [0.2, 0.25) is 0 Å². The Hall–Kier alpha value is -3.12. The Balaban J connectivity index is 1.60. The van der Waals surface area contributed by atoms with Gasteiger partial charge in [0, 0.05) is 32.3 Å². The number of rotatable bonds is 5.